The Labute approximate surface area is 200 Å². The third-order valence-electron chi connectivity index (χ3n) is 7.67. The van der Waals surface area contributed by atoms with Gasteiger partial charge in [-0.25, -0.2) is 19.5 Å². The van der Waals surface area contributed by atoms with Gasteiger partial charge in [-0.05, 0) is 63.6 Å². The normalized spacial score (nSPS) is 19.9. The van der Waals surface area contributed by atoms with Crippen LogP contribution < -0.4 is 5.73 Å². The number of nitrogens with one attached hydrogen (secondary N) is 1. The Morgan fingerprint density at radius 3 is 2.53 bits per heavy atom. The first-order chi connectivity index (χ1) is 16.8. The van der Waals surface area contributed by atoms with Crippen molar-refractivity contribution in [3.05, 3.63) is 36.5 Å². The predicted octanol–water partition coefficient (Wildman–Crippen LogP) is 4.93. The molecule has 0 amide bonds. The third-order valence-corrected chi connectivity index (χ3v) is 7.67. The summed E-state index contributed by atoms with van der Waals surface area (Å²) in [5.41, 5.74) is 10.6. The number of H-pyrrole nitrogens is 1. The van der Waals surface area contributed by atoms with Gasteiger partial charge in [0.2, 0.25) is 0 Å². The Bertz CT molecular complexity index is 1240. The van der Waals surface area contributed by atoms with Gasteiger partial charge in [0, 0.05) is 29.6 Å². The Kier molecular flexibility index (Phi) is 5.91. The molecular weight excluding hydrogens is 424 g/mol. The molecule has 1 aliphatic heterocycles. The van der Waals surface area contributed by atoms with Crippen molar-refractivity contribution in [1.82, 2.24) is 34.4 Å². The van der Waals surface area contributed by atoms with Crippen molar-refractivity contribution >= 4 is 22.5 Å². The predicted molar refractivity (Wildman–Crippen MR) is 135 cm³/mol. The number of nitrogens with zero attached hydrogens (tertiary/aromatic N) is 6. The molecule has 0 atom stereocenters. The van der Waals surface area contributed by atoms with Crippen molar-refractivity contribution in [2.24, 2.45) is 0 Å². The molecule has 0 bridgehead atoms. The van der Waals surface area contributed by atoms with E-state index >= 15 is 0 Å². The minimum Gasteiger partial charge on any atom is -0.383 e. The average Bonchev–Trinajstić information content (AvgIpc) is 3.49. The van der Waals surface area contributed by atoms with Gasteiger partial charge < -0.3 is 15.6 Å². The lowest BCUT2D eigenvalue weighted by molar-refractivity contribution is 0.131. The number of rotatable bonds is 3. The number of aromatic amines is 1. The summed E-state index contributed by atoms with van der Waals surface area (Å²) in [6.45, 7) is 2.79. The van der Waals surface area contributed by atoms with Crippen LogP contribution in [-0.4, -0.2) is 53.6 Å². The van der Waals surface area contributed by atoms with E-state index < -0.39 is 0 Å². The molecule has 5 heterocycles. The Morgan fingerprint density at radius 1 is 0.941 bits per heavy atom. The van der Waals surface area contributed by atoms with Gasteiger partial charge in [0.15, 0.2) is 5.65 Å². The summed E-state index contributed by atoms with van der Waals surface area (Å²) in [5.74, 6) is 1.07. The van der Waals surface area contributed by atoms with Crippen molar-refractivity contribution in [3.8, 4) is 11.3 Å². The molecule has 34 heavy (non-hydrogen) atoms. The number of piperidine rings is 1. The molecular formula is C26H34N8. The average molecular weight is 459 g/mol. The first-order valence-corrected chi connectivity index (χ1v) is 12.9. The number of fused-ring (bicyclic) bond motifs is 2. The molecule has 4 aromatic rings. The van der Waals surface area contributed by atoms with Crippen molar-refractivity contribution in [2.45, 2.75) is 76.2 Å². The van der Waals surface area contributed by atoms with Crippen LogP contribution in [0.3, 0.4) is 0 Å². The first kappa shape index (κ1) is 21.5. The maximum atomic E-state index is 6.00. The summed E-state index contributed by atoms with van der Waals surface area (Å²) in [5, 5.41) is 5.19. The highest BCUT2D eigenvalue weighted by molar-refractivity contribution is 5.99. The van der Waals surface area contributed by atoms with Crippen LogP contribution in [0.25, 0.3) is 27.9 Å². The summed E-state index contributed by atoms with van der Waals surface area (Å²) < 4.78 is 1.83. The number of nitrogens with two attached hydrogens (primary N) is 1. The lowest BCUT2D eigenvalue weighted by Crippen LogP contribution is -2.40. The molecule has 178 valence electrons. The maximum absolute atomic E-state index is 6.00. The molecule has 3 fully saturated rings. The largest absolute Gasteiger partial charge is 0.383 e. The van der Waals surface area contributed by atoms with E-state index in [-0.39, 0.29) is 0 Å². The van der Waals surface area contributed by atoms with Crippen molar-refractivity contribution in [1.29, 1.82) is 0 Å². The molecule has 3 N–H and O–H groups in total. The van der Waals surface area contributed by atoms with E-state index in [9.17, 15) is 0 Å². The van der Waals surface area contributed by atoms with Crippen LogP contribution >= 0.6 is 0 Å². The Morgan fingerprint density at radius 2 is 1.74 bits per heavy atom. The molecule has 4 aromatic heterocycles. The standard InChI is InChI=1S/C15H13N7.C11H21N/c16-13-12-10(5-17-14(12)19-7-18-13)11-3-4-22-15(21-11)9(6-20-22)8-1-2-8;1-3-7-11(8-4-1)12-9-5-2-6-10-12/h3-8H,1-2H2,(H3,16,17,18,19);11H,1-10H2. The smallest absolute Gasteiger partial charge is 0.159 e. The van der Waals surface area contributed by atoms with Crippen LogP contribution in [-0.2, 0) is 0 Å². The second-order valence-electron chi connectivity index (χ2n) is 10.0. The van der Waals surface area contributed by atoms with Crippen LogP contribution in [0.2, 0.25) is 0 Å². The zero-order valence-corrected chi connectivity index (χ0v) is 19.8. The van der Waals surface area contributed by atoms with E-state index in [4.69, 9.17) is 10.7 Å². The summed E-state index contributed by atoms with van der Waals surface area (Å²) >= 11 is 0. The van der Waals surface area contributed by atoms with Gasteiger partial charge in [0.25, 0.3) is 0 Å². The fraction of sp³-hybridized carbons (Fsp3) is 0.538. The zero-order valence-electron chi connectivity index (χ0n) is 19.8. The minimum atomic E-state index is 0.457. The molecule has 0 radical (unpaired) electrons. The van der Waals surface area contributed by atoms with Gasteiger partial charge in [-0.2, -0.15) is 5.10 Å². The lowest BCUT2D eigenvalue weighted by Gasteiger charge is -2.36. The van der Waals surface area contributed by atoms with E-state index in [2.05, 4.69) is 25.0 Å². The highest BCUT2D eigenvalue weighted by Gasteiger charge is 2.28. The fourth-order valence-corrected chi connectivity index (χ4v) is 5.64. The van der Waals surface area contributed by atoms with Gasteiger partial charge in [0.1, 0.15) is 17.8 Å². The van der Waals surface area contributed by atoms with Gasteiger partial charge in [-0.1, -0.05) is 25.7 Å². The monoisotopic (exact) mass is 458 g/mol. The van der Waals surface area contributed by atoms with Crippen LogP contribution in [0.1, 0.15) is 75.7 Å². The number of hydrogen-bond donors (Lipinski definition) is 2. The summed E-state index contributed by atoms with van der Waals surface area (Å²) in [6.07, 6.45) is 21.5. The molecule has 8 nitrogen and oxygen atoms in total. The van der Waals surface area contributed by atoms with Crippen molar-refractivity contribution in [3.63, 3.8) is 0 Å². The van der Waals surface area contributed by atoms with Gasteiger partial charge in [0.05, 0.1) is 17.3 Å². The number of aromatic nitrogens is 6. The molecule has 2 saturated carbocycles. The quantitative estimate of drug-likeness (QED) is 0.451. The van der Waals surface area contributed by atoms with E-state index in [0.717, 1.165) is 34.0 Å². The van der Waals surface area contributed by atoms with Crippen LogP contribution in [0.4, 0.5) is 5.82 Å². The topological polar surface area (TPSA) is 101 Å². The van der Waals surface area contributed by atoms with Crippen molar-refractivity contribution < 1.29 is 0 Å². The van der Waals surface area contributed by atoms with Gasteiger partial charge in [-0.15, -0.1) is 0 Å². The van der Waals surface area contributed by atoms with Gasteiger partial charge in [-0.3, -0.25) is 0 Å². The molecule has 8 heteroatoms. The SMILES string of the molecule is C1CCC(N2CCCCC2)CC1.Nc1ncnc2[nH]cc(-c3ccn4ncc(C5CC5)c4n3)c12. The Balaban J connectivity index is 0.000000154. The molecule has 1 saturated heterocycles. The first-order valence-electron chi connectivity index (χ1n) is 12.9. The molecule has 0 unspecified atom stereocenters. The second kappa shape index (κ2) is 9.33. The number of anilines is 1. The lowest BCUT2D eigenvalue weighted by atomic mass is 9.93. The summed E-state index contributed by atoms with van der Waals surface area (Å²) in [7, 11) is 0. The second-order valence-corrected chi connectivity index (χ2v) is 10.0. The fourth-order valence-electron chi connectivity index (χ4n) is 5.64. The number of nitrogen functional groups attached to an aromatic ring is 1. The zero-order chi connectivity index (χ0) is 22.9. The number of likely N-dealkylation sites (tertiary alicyclic amines) is 1. The van der Waals surface area contributed by atoms with Gasteiger partial charge >= 0.3 is 0 Å². The minimum absolute atomic E-state index is 0.457. The summed E-state index contributed by atoms with van der Waals surface area (Å²) in [6, 6.07) is 2.91. The molecule has 0 spiro atoms. The van der Waals surface area contributed by atoms with Crippen molar-refractivity contribution in [2.75, 3.05) is 18.8 Å². The molecule has 3 aliphatic rings. The maximum Gasteiger partial charge on any atom is 0.159 e. The van der Waals surface area contributed by atoms with E-state index in [1.807, 2.05) is 29.2 Å². The Hall–Kier alpha value is -3.00. The van der Waals surface area contributed by atoms with E-state index in [1.54, 1.807) is 0 Å². The van der Waals surface area contributed by atoms with Crippen LogP contribution in [0.5, 0.6) is 0 Å². The van der Waals surface area contributed by atoms with Crippen LogP contribution in [0.15, 0.2) is 31.0 Å². The molecule has 7 rings (SSSR count). The molecule has 0 aromatic carbocycles. The molecule has 2 aliphatic carbocycles. The van der Waals surface area contributed by atoms with Crippen LogP contribution in [0, 0.1) is 0 Å². The number of hydrogen-bond acceptors (Lipinski definition) is 6. The highest BCUT2D eigenvalue weighted by Crippen LogP contribution is 2.42. The third kappa shape index (κ3) is 4.27. The van der Waals surface area contributed by atoms with E-state index in [0.29, 0.717) is 11.7 Å². The van der Waals surface area contributed by atoms with E-state index in [1.165, 1.54) is 89.2 Å². The highest BCUT2D eigenvalue weighted by atomic mass is 15.2. The summed E-state index contributed by atoms with van der Waals surface area (Å²) in [4.78, 5) is 19.0.